The molecule has 0 spiro atoms. The molecule has 1 aliphatic heterocycles. The SMILES string of the molecule is CCOC(=O)CCCCCN1CCC(CN(C)C)CC1. The monoisotopic (exact) mass is 284 g/mol. The van der Waals surface area contributed by atoms with Crippen molar-refractivity contribution in [2.24, 2.45) is 5.92 Å². The van der Waals surface area contributed by atoms with Crippen molar-refractivity contribution in [2.45, 2.75) is 45.4 Å². The molecule has 4 heteroatoms. The molecule has 0 atom stereocenters. The normalized spacial score (nSPS) is 17.6. The summed E-state index contributed by atoms with van der Waals surface area (Å²) < 4.78 is 4.93. The van der Waals surface area contributed by atoms with Crippen molar-refractivity contribution < 1.29 is 9.53 Å². The Labute approximate surface area is 124 Å². The number of unbranched alkanes of at least 4 members (excludes halogenated alkanes) is 2. The summed E-state index contributed by atoms with van der Waals surface area (Å²) in [4.78, 5) is 16.1. The van der Waals surface area contributed by atoms with Crippen molar-refractivity contribution in [3.63, 3.8) is 0 Å². The van der Waals surface area contributed by atoms with E-state index in [2.05, 4.69) is 23.9 Å². The first-order valence-corrected chi connectivity index (χ1v) is 8.14. The van der Waals surface area contributed by atoms with Gasteiger partial charge in [-0.05, 0) is 72.3 Å². The number of hydrogen-bond acceptors (Lipinski definition) is 4. The summed E-state index contributed by atoms with van der Waals surface area (Å²) in [5, 5.41) is 0. The van der Waals surface area contributed by atoms with Crippen LogP contribution in [0.4, 0.5) is 0 Å². The largest absolute Gasteiger partial charge is 0.466 e. The summed E-state index contributed by atoms with van der Waals surface area (Å²) in [5.74, 6) is 0.835. The van der Waals surface area contributed by atoms with Gasteiger partial charge in [-0.25, -0.2) is 0 Å². The van der Waals surface area contributed by atoms with E-state index in [1.807, 2.05) is 6.92 Å². The lowest BCUT2D eigenvalue weighted by molar-refractivity contribution is -0.143. The van der Waals surface area contributed by atoms with Crippen molar-refractivity contribution in [1.29, 1.82) is 0 Å². The van der Waals surface area contributed by atoms with E-state index in [9.17, 15) is 4.79 Å². The molecule has 0 radical (unpaired) electrons. The molecule has 0 unspecified atom stereocenters. The van der Waals surface area contributed by atoms with Crippen LogP contribution in [-0.2, 0) is 9.53 Å². The lowest BCUT2D eigenvalue weighted by Crippen LogP contribution is -2.37. The predicted molar refractivity (Wildman–Crippen MR) is 82.8 cm³/mol. The molecule has 20 heavy (non-hydrogen) atoms. The lowest BCUT2D eigenvalue weighted by atomic mass is 9.96. The number of piperidine rings is 1. The zero-order valence-corrected chi connectivity index (χ0v) is 13.6. The number of carbonyl (C=O) groups is 1. The van der Waals surface area contributed by atoms with Crippen LogP contribution < -0.4 is 0 Å². The molecule has 0 bridgehead atoms. The van der Waals surface area contributed by atoms with E-state index >= 15 is 0 Å². The Morgan fingerprint density at radius 2 is 1.90 bits per heavy atom. The molecule has 1 rings (SSSR count). The van der Waals surface area contributed by atoms with Gasteiger partial charge >= 0.3 is 5.97 Å². The number of hydrogen-bond donors (Lipinski definition) is 0. The Bertz CT molecular complexity index is 261. The van der Waals surface area contributed by atoms with Crippen LogP contribution >= 0.6 is 0 Å². The van der Waals surface area contributed by atoms with Gasteiger partial charge in [0.2, 0.25) is 0 Å². The van der Waals surface area contributed by atoms with Crippen LogP contribution in [0.5, 0.6) is 0 Å². The fraction of sp³-hybridized carbons (Fsp3) is 0.938. The predicted octanol–water partition coefficient (Wildman–Crippen LogP) is 2.38. The highest BCUT2D eigenvalue weighted by molar-refractivity contribution is 5.69. The second kappa shape index (κ2) is 10.2. The highest BCUT2D eigenvalue weighted by Crippen LogP contribution is 2.18. The Balaban J connectivity index is 1.97. The second-order valence-corrected chi connectivity index (χ2v) is 6.16. The molecule has 1 aliphatic rings. The third-order valence-corrected chi connectivity index (χ3v) is 3.99. The molecular formula is C16H32N2O2. The summed E-state index contributed by atoms with van der Waals surface area (Å²) in [6.07, 6.45) is 6.56. The summed E-state index contributed by atoms with van der Waals surface area (Å²) >= 11 is 0. The quantitative estimate of drug-likeness (QED) is 0.481. The number of carbonyl (C=O) groups excluding carboxylic acids is 1. The minimum Gasteiger partial charge on any atom is -0.466 e. The van der Waals surface area contributed by atoms with E-state index in [4.69, 9.17) is 4.74 Å². The molecule has 0 aliphatic carbocycles. The van der Waals surface area contributed by atoms with Crippen LogP contribution in [0, 0.1) is 5.92 Å². The molecule has 1 heterocycles. The van der Waals surface area contributed by atoms with Crippen molar-refractivity contribution in [2.75, 3.05) is 46.9 Å². The van der Waals surface area contributed by atoms with Gasteiger partial charge < -0.3 is 14.5 Å². The van der Waals surface area contributed by atoms with Gasteiger partial charge in [-0.2, -0.15) is 0 Å². The van der Waals surface area contributed by atoms with E-state index in [0.29, 0.717) is 13.0 Å². The van der Waals surface area contributed by atoms with Gasteiger partial charge in [0.1, 0.15) is 0 Å². The molecule has 0 aromatic carbocycles. The maximum absolute atomic E-state index is 11.2. The molecule has 0 amide bonds. The van der Waals surface area contributed by atoms with Crippen molar-refractivity contribution in [3.05, 3.63) is 0 Å². The van der Waals surface area contributed by atoms with Gasteiger partial charge in [0.15, 0.2) is 0 Å². The summed E-state index contributed by atoms with van der Waals surface area (Å²) in [6, 6.07) is 0. The van der Waals surface area contributed by atoms with E-state index in [-0.39, 0.29) is 5.97 Å². The van der Waals surface area contributed by atoms with Gasteiger partial charge in [-0.3, -0.25) is 4.79 Å². The maximum Gasteiger partial charge on any atom is 0.305 e. The third-order valence-electron chi connectivity index (χ3n) is 3.99. The zero-order valence-electron chi connectivity index (χ0n) is 13.6. The molecule has 0 aromatic rings. The molecule has 0 N–H and O–H groups in total. The first kappa shape index (κ1) is 17.4. The Kier molecular flexibility index (Phi) is 8.86. The van der Waals surface area contributed by atoms with Gasteiger partial charge in [0.25, 0.3) is 0 Å². The van der Waals surface area contributed by atoms with Crippen LogP contribution in [0.1, 0.15) is 45.4 Å². The number of ether oxygens (including phenoxy) is 1. The van der Waals surface area contributed by atoms with E-state index in [1.165, 1.54) is 45.4 Å². The molecule has 1 saturated heterocycles. The summed E-state index contributed by atoms with van der Waals surface area (Å²) in [6.45, 7) is 7.27. The minimum absolute atomic E-state index is 0.0444. The summed E-state index contributed by atoms with van der Waals surface area (Å²) in [5.41, 5.74) is 0. The number of nitrogens with zero attached hydrogens (tertiary/aromatic N) is 2. The zero-order chi connectivity index (χ0) is 14.8. The molecule has 4 nitrogen and oxygen atoms in total. The van der Waals surface area contributed by atoms with Gasteiger partial charge in [-0.15, -0.1) is 0 Å². The van der Waals surface area contributed by atoms with Gasteiger partial charge in [-0.1, -0.05) is 6.42 Å². The first-order valence-electron chi connectivity index (χ1n) is 8.14. The molecule has 0 aromatic heterocycles. The van der Waals surface area contributed by atoms with Crippen LogP contribution in [-0.4, -0.2) is 62.7 Å². The molecular weight excluding hydrogens is 252 g/mol. The lowest BCUT2D eigenvalue weighted by Gasteiger charge is -2.33. The first-order chi connectivity index (χ1) is 9.61. The number of rotatable bonds is 9. The Hall–Kier alpha value is -0.610. The summed E-state index contributed by atoms with van der Waals surface area (Å²) in [7, 11) is 4.33. The van der Waals surface area contributed by atoms with E-state index in [0.717, 1.165) is 18.8 Å². The Morgan fingerprint density at radius 3 is 2.50 bits per heavy atom. The molecule has 118 valence electrons. The van der Waals surface area contributed by atoms with Crippen LogP contribution in [0.2, 0.25) is 0 Å². The Morgan fingerprint density at radius 1 is 1.20 bits per heavy atom. The van der Waals surface area contributed by atoms with E-state index in [1.54, 1.807) is 0 Å². The topological polar surface area (TPSA) is 32.8 Å². The smallest absolute Gasteiger partial charge is 0.305 e. The maximum atomic E-state index is 11.2. The highest BCUT2D eigenvalue weighted by atomic mass is 16.5. The third kappa shape index (κ3) is 7.85. The number of likely N-dealkylation sites (tertiary alicyclic amines) is 1. The highest BCUT2D eigenvalue weighted by Gasteiger charge is 2.18. The van der Waals surface area contributed by atoms with Crippen molar-refractivity contribution >= 4 is 5.97 Å². The molecule has 1 fully saturated rings. The minimum atomic E-state index is -0.0444. The standard InChI is InChI=1S/C16H32N2O2/c1-4-20-16(19)8-6-5-7-11-18-12-9-15(10-13-18)14-17(2)3/h15H,4-14H2,1-3H3. The van der Waals surface area contributed by atoms with Crippen LogP contribution in [0.3, 0.4) is 0 Å². The molecule has 0 saturated carbocycles. The average Bonchev–Trinajstić information content (AvgIpc) is 2.40. The fourth-order valence-electron chi connectivity index (χ4n) is 2.92. The van der Waals surface area contributed by atoms with Crippen LogP contribution in [0.25, 0.3) is 0 Å². The fourth-order valence-corrected chi connectivity index (χ4v) is 2.92. The van der Waals surface area contributed by atoms with Gasteiger partial charge in [0.05, 0.1) is 6.61 Å². The average molecular weight is 284 g/mol. The van der Waals surface area contributed by atoms with Crippen molar-refractivity contribution in [3.8, 4) is 0 Å². The van der Waals surface area contributed by atoms with Gasteiger partial charge in [0, 0.05) is 13.0 Å². The van der Waals surface area contributed by atoms with Crippen LogP contribution in [0.15, 0.2) is 0 Å². The van der Waals surface area contributed by atoms with Crippen molar-refractivity contribution in [1.82, 2.24) is 9.80 Å². The number of esters is 1. The second-order valence-electron chi connectivity index (χ2n) is 6.16. The van der Waals surface area contributed by atoms with E-state index < -0.39 is 0 Å².